The van der Waals surface area contributed by atoms with Crippen LogP contribution in [0.15, 0.2) is 24.3 Å². The number of rotatable bonds is 4. The molecule has 7 heteroatoms. The molecule has 0 spiro atoms. The number of likely N-dealkylation sites (tertiary alicyclic amines) is 1. The molecule has 138 valence electrons. The second-order valence-corrected chi connectivity index (χ2v) is 8.02. The van der Waals surface area contributed by atoms with Gasteiger partial charge in [-0.2, -0.15) is 0 Å². The van der Waals surface area contributed by atoms with E-state index in [1.165, 1.54) is 4.90 Å². The van der Waals surface area contributed by atoms with Gasteiger partial charge in [0.25, 0.3) is 0 Å². The molecule has 0 bridgehead atoms. The summed E-state index contributed by atoms with van der Waals surface area (Å²) < 4.78 is 0. The normalized spacial score (nSPS) is 21.9. The quantitative estimate of drug-likeness (QED) is 0.747. The summed E-state index contributed by atoms with van der Waals surface area (Å²) in [6.07, 6.45) is -0.503. The summed E-state index contributed by atoms with van der Waals surface area (Å²) in [6.45, 7) is 6.07. The van der Waals surface area contributed by atoms with Crippen molar-refractivity contribution in [2.75, 3.05) is 6.54 Å². The number of halogens is 1. The lowest BCUT2D eigenvalue weighted by Crippen LogP contribution is -2.54. The Morgan fingerprint density at radius 2 is 1.96 bits per heavy atom. The van der Waals surface area contributed by atoms with Crippen molar-refractivity contribution in [3.05, 3.63) is 34.9 Å². The summed E-state index contributed by atoms with van der Waals surface area (Å²) in [7, 11) is 0. The van der Waals surface area contributed by atoms with Crippen LogP contribution in [-0.4, -0.2) is 46.6 Å². The lowest BCUT2D eigenvalue weighted by atomic mass is 9.86. The Morgan fingerprint density at radius 3 is 2.52 bits per heavy atom. The van der Waals surface area contributed by atoms with E-state index in [1.807, 2.05) is 32.9 Å². The zero-order valence-corrected chi connectivity index (χ0v) is 15.6. The van der Waals surface area contributed by atoms with Gasteiger partial charge in [-0.25, -0.2) is 0 Å². The van der Waals surface area contributed by atoms with Crippen LogP contribution in [0.2, 0.25) is 5.02 Å². The molecule has 1 saturated heterocycles. The maximum Gasteiger partial charge on any atom is 0.243 e. The van der Waals surface area contributed by atoms with Crippen LogP contribution in [0.3, 0.4) is 0 Å². The zero-order chi connectivity index (χ0) is 18.8. The van der Waals surface area contributed by atoms with Crippen LogP contribution in [-0.2, 0) is 16.1 Å². The molecule has 0 radical (unpaired) electrons. The molecule has 1 aliphatic heterocycles. The number of hydrogen-bond donors (Lipinski definition) is 3. The maximum absolute atomic E-state index is 12.7. The van der Waals surface area contributed by atoms with Gasteiger partial charge in [0, 0.05) is 24.5 Å². The van der Waals surface area contributed by atoms with E-state index < -0.39 is 23.6 Å². The van der Waals surface area contributed by atoms with Gasteiger partial charge in [0.1, 0.15) is 6.04 Å². The Morgan fingerprint density at radius 1 is 1.36 bits per heavy atom. The number of amides is 2. The number of carbonyl (C=O) groups is 2. The second-order valence-electron chi connectivity index (χ2n) is 7.58. The zero-order valence-electron chi connectivity index (χ0n) is 14.8. The highest BCUT2D eigenvalue weighted by atomic mass is 35.5. The van der Waals surface area contributed by atoms with Gasteiger partial charge in [-0.1, -0.05) is 44.5 Å². The average Bonchev–Trinajstić information content (AvgIpc) is 2.93. The predicted molar refractivity (Wildman–Crippen MR) is 96.9 cm³/mol. The Labute approximate surface area is 153 Å². The van der Waals surface area contributed by atoms with Crippen molar-refractivity contribution in [2.45, 2.75) is 51.9 Å². The minimum absolute atomic E-state index is 0.127. The monoisotopic (exact) mass is 367 g/mol. The van der Waals surface area contributed by atoms with Gasteiger partial charge < -0.3 is 21.1 Å². The fourth-order valence-corrected chi connectivity index (χ4v) is 2.89. The minimum Gasteiger partial charge on any atom is -0.391 e. The molecule has 1 aliphatic rings. The first-order chi connectivity index (χ1) is 11.6. The fourth-order valence-electron chi connectivity index (χ4n) is 2.76. The van der Waals surface area contributed by atoms with Crippen LogP contribution in [0.1, 0.15) is 32.8 Å². The standard InChI is InChI=1S/C18H26ClN3O3/c1-18(2,3)15(20)17(25)22-10-13(23)8-14(22)16(24)21-9-11-4-6-12(19)7-5-11/h4-7,13-15,23H,8-10,20H2,1-3H3,(H,21,24)/t13-,14+,15-/m1/s1. The third kappa shape index (κ3) is 4.93. The number of carbonyl (C=O) groups excluding carboxylic acids is 2. The van der Waals surface area contributed by atoms with Gasteiger partial charge >= 0.3 is 0 Å². The molecular formula is C18H26ClN3O3. The molecule has 25 heavy (non-hydrogen) atoms. The van der Waals surface area contributed by atoms with Crippen LogP contribution in [0.25, 0.3) is 0 Å². The second kappa shape index (κ2) is 7.72. The third-order valence-corrected chi connectivity index (χ3v) is 4.70. The highest BCUT2D eigenvalue weighted by molar-refractivity contribution is 6.30. The third-order valence-electron chi connectivity index (χ3n) is 4.44. The summed E-state index contributed by atoms with van der Waals surface area (Å²) in [4.78, 5) is 26.6. The van der Waals surface area contributed by atoms with Crippen molar-refractivity contribution in [1.82, 2.24) is 10.2 Å². The van der Waals surface area contributed by atoms with Gasteiger partial charge in [-0.3, -0.25) is 9.59 Å². The van der Waals surface area contributed by atoms with Crippen LogP contribution < -0.4 is 11.1 Å². The molecule has 2 rings (SSSR count). The molecule has 0 aliphatic carbocycles. The molecule has 1 aromatic rings. The number of aliphatic hydroxyl groups is 1. The van der Waals surface area contributed by atoms with E-state index in [9.17, 15) is 14.7 Å². The summed E-state index contributed by atoms with van der Waals surface area (Å²) >= 11 is 5.84. The first-order valence-corrected chi connectivity index (χ1v) is 8.73. The lowest BCUT2D eigenvalue weighted by molar-refractivity contribution is -0.141. The number of β-amino-alcohol motifs (C(OH)–C–C–N with tert-alkyl or cyclic N) is 1. The molecule has 0 unspecified atom stereocenters. The number of aliphatic hydroxyl groups excluding tert-OH is 1. The van der Waals surface area contributed by atoms with Crippen LogP contribution in [0, 0.1) is 5.41 Å². The van der Waals surface area contributed by atoms with E-state index in [2.05, 4.69) is 5.32 Å². The molecule has 0 saturated carbocycles. The Hall–Kier alpha value is -1.63. The van der Waals surface area contributed by atoms with E-state index in [0.717, 1.165) is 5.56 Å². The number of benzene rings is 1. The Bertz CT molecular complexity index is 627. The van der Waals surface area contributed by atoms with E-state index in [4.69, 9.17) is 17.3 Å². The lowest BCUT2D eigenvalue weighted by Gasteiger charge is -2.32. The summed E-state index contributed by atoms with van der Waals surface area (Å²) in [5.74, 6) is -0.600. The minimum atomic E-state index is -0.732. The number of nitrogens with zero attached hydrogens (tertiary/aromatic N) is 1. The maximum atomic E-state index is 12.7. The summed E-state index contributed by atoms with van der Waals surface area (Å²) in [5, 5.41) is 13.4. The van der Waals surface area contributed by atoms with Gasteiger partial charge in [-0.05, 0) is 23.1 Å². The van der Waals surface area contributed by atoms with Crippen molar-refractivity contribution in [1.29, 1.82) is 0 Å². The average molecular weight is 368 g/mol. The van der Waals surface area contributed by atoms with Gasteiger partial charge in [0.15, 0.2) is 0 Å². The molecule has 2 amide bonds. The molecule has 3 atom stereocenters. The topological polar surface area (TPSA) is 95.7 Å². The molecule has 6 nitrogen and oxygen atoms in total. The molecule has 1 fully saturated rings. The highest BCUT2D eigenvalue weighted by Crippen LogP contribution is 2.24. The SMILES string of the molecule is CC(C)(C)[C@H](N)C(=O)N1C[C@H](O)C[C@H]1C(=O)NCc1ccc(Cl)cc1. The molecule has 1 aromatic carbocycles. The van der Waals surface area contributed by atoms with E-state index in [-0.39, 0.29) is 24.8 Å². The highest BCUT2D eigenvalue weighted by Gasteiger charge is 2.42. The molecule has 4 N–H and O–H groups in total. The van der Waals surface area contributed by atoms with Crippen molar-refractivity contribution in [3.63, 3.8) is 0 Å². The van der Waals surface area contributed by atoms with E-state index in [1.54, 1.807) is 12.1 Å². The van der Waals surface area contributed by atoms with Crippen molar-refractivity contribution in [3.8, 4) is 0 Å². The first kappa shape index (κ1) is 19.7. The van der Waals surface area contributed by atoms with Crippen molar-refractivity contribution in [2.24, 2.45) is 11.1 Å². The number of nitrogens with two attached hydrogens (primary N) is 1. The van der Waals surface area contributed by atoms with Gasteiger partial charge in [-0.15, -0.1) is 0 Å². The smallest absolute Gasteiger partial charge is 0.243 e. The van der Waals surface area contributed by atoms with Crippen molar-refractivity contribution >= 4 is 23.4 Å². The Kier molecular flexibility index (Phi) is 6.08. The van der Waals surface area contributed by atoms with Crippen LogP contribution >= 0.6 is 11.6 Å². The summed E-state index contributed by atoms with van der Waals surface area (Å²) in [5.41, 5.74) is 6.53. The predicted octanol–water partition coefficient (Wildman–Crippen LogP) is 1.29. The Balaban J connectivity index is 2.03. The molecule has 0 aromatic heterocycles. The molecular weight excluding hydrogens is 342 g/mol. The van der Waals surface area contributed by atoms with Gasteiger partial charge in [0.05, 0.1) is 12.1 Å². The number of nitrogens with one attached hydrogen (secondary N) is 1. The van der Waals surface area contributed by atoms with Crippen LogP contribution in [0.5, 0.6) is 0 Å². The van der Waals surface area contributed by atoms with Gasteiger partial charge in [0.2, 0.25) is 11.8 Å². The fraction of sp³-hybridized carbons (Fsp3) is 0.556. The van der Waals surface area contributed by atoms with E-state index in [0.29, 0.717) is 11.6 Å². The number of hydrogen-bond acceptors (Lipinski definition) is 4. The summed E-state index contributed by atoms with van der Waals surface area (Å²) in [6, 6.07) is 5.71. The largest absolute Gasteiger partial charge is 0.391 e. The van der Waals surface area contributed by atoms with Crippen molar-refractivity contribution < 1.29 is 14.7 Å². The van der Waals surface area contributed by atoms with Crippen LogP contribution in [0.4, 0.5) is 0 Å². The molecule has 1 heterocycles. The first-order valence-electron chi connectivity index (χ1n) is 8.36. The van der Waals surface area contributed by atoms with E-state index >= 15 is 0 Å².